The normalized spacial score (nSPS) is 11.0. The second-order valence-electron chi connectivity index (χ2n) is 4.81. The molecule has 0 saturated heterocycles. The smallest absolute Gasteiger partial charge is 0.387 e. The van der Waals surface area contributed by atoms with Gasteiger partial charge in [0, 0.05) is 18.0 Å². The zero-order chi connectivity index (χ0) is 16.2. The van der Waals surface area contributed by atoms with Crippen molar-refractivity contribution in [2.75, 3.05) is 0 Å². The standard InChI is InChI=1S/C16H12F3N3O/c17-13-7-11(8-20-9-13)10-22-6-5-15(21-22)12-1-3-14(4-2-12)23-16(18)19/h1-9,16H,10H2. The molecule has 0 radical (unpaired) electrons. The summed E-state index contributed by atoms with van der Waals surface area (Å²) in [7, 11) is 0. The molecule has 1 aromatic carbocycles. The number of pyridine rings is 1. The molecule has 2 aromatic heterocycles. The van der Waals surface area contributed by atoms with Crippen molar-refractivity contribution in [2.45, 2.75) is 13.2 Å². The monoisotopic (exact) mass is 319 g/mol. The minimum Gasteiger partial charge on any atom is -0.435 e. The molecule has 0 amide bonds. The van der Waals surface area contributed by atoms with Crippen molar-refractivity contribution in [3.8, 4) is 17.0 Å². The summed E-state index contributed by atoms with van der Waals surface area (Å²) in [5.74, 6) is -0.307. The molecule has 0 aliphatic heterocycles. The molecule has 4 nitrogen and oxygen atoms in total. The van der Waals surface area contributed by atoms with E-state index in [1.807, 2.05) is 0 Å². The molecule has 0 bridgehead atoms. The van der Waals surface area contributed by atoms with E-state index < -0.39 is 12.4 Å². The van der Waals surface area contributed by atoms with Gasteiger partial charge in [0.15, 0.2) is 0 Å². The SMILES string of the molecule is Fc1cncc(Cn2ccc(-c3ccc(OC(F)F)cc3)n2)c1. The van der Waals surface area contributed by atoms with Crippen molar-refractivity contribution in [1.82, 2.24) is 14.8 Å². The fourth-order valence-corrected chi connectivity index (χ4v) is 2.14. The average Bonchev–Trinajstić information content (AvgIpc) is 2.96. The van der Waals surface area contributed by atoms with Crippen molar-refractivity contribution in [1.29, 1.82) is 0 Å². The van der Waals surface area contributed by atoms with E-state index in [2.05, 4.69) is 14.8 Å². The van der Waals surface area contributed by atoms with Crippen molar-refractivity contribution in [3.63, 3.8) is 0 Å². The Kier molecular flexibility index (Phi) is 4.27. The summed E-state index contributed by atoms with van der Waals surface area (Å²) >= 11 is 0. The Morgan fingerprint density at radius 2 is 1.87 bits per heavy atom. The van der Waals surface area contributed by atoms with Crippen molar-refractivity contribution in [3.05, 3.63) is 66.4 Å². The van der Waals surface area contributed by atoms with Crippen LogP contribution in [0.25, 0.3) is 11.3 Å². The van der Waals surface area contributed by atoms with Gasteiger partial charge in [-0.1, -0.05) is 0 Å². The molecule has 3 aromatic rings. The first-order valence-electron chi connectivity index (χ1n) is 6.78. The average molecular weight is 319 g/mol. The summed E-state index contributed by atoms with van der Waals surface area (Å²) in [5.41, 5.74) is 2.14. The first-order valence-corrected chi connectivity index (χ1v) is 6.78. The fourth-order valence-electron chi connectivity index (χ4n) is 2.14. The zero-order valence-corrected chi connectivity index (χ0v) is 11.9. The summed E-state index contributed by atoms with van der Waals surface area (Å²) in [6.45, 7) is -2.46. The van der Waals surface area contributed by atoms with Gasteiger partial charge in [-0.2, -0.15) is 13.9 Å². The van der Waals surface area contributed by atoms with Crippen molar-refractivity contribution >= 4 is 0 Å². The minimum absolute atomic E-state index is 0.0917. The van der Waals surface area contributed by atoms with Gasteiger partial charge in [0.2, 0.25) is 0 Å². The number of benzene rings is 1. The van der Waals surface area contributed by atoms with Gasteiger partial charge in [-0.05, 0) is 42.0 Å². The molecule has 0 spiro atoms. The third-order valence-corrected chi connectivity index (χ3v) is 3.12. The highest BCUT2D eigenvalue weighted by molar-refractivity contribution is 5.59. The number of nitrogens with zero attached hydrogens (tertiary/aromatic N) is 3. The predicted molar refractivity (Wildman–Crippen MR) is 77.6 cm³/mol. The van der Waals surface area contributed by atoms with Crippen LogP contribution >= 0.6 is 0 Å². The Labute approximate surface area is 130 Å². The van der Waals surface area contributed by atoms with Gasteiger partial charge in [-0.25, -0.2) is 4.39 Å². The lowest BCUT2D eigenvalue weighted by Gasteiger charge is -2.04. The highest BCUT2D eigenvalue weighted by Gasteiger charge is 2.07. The van der Waals surface area contributed by atoms with Gasteiger partial charge < -0.3 is 4.74 Å². The van der Waals surface area contributed by atoms with Crippen LogP contribution in [0, 0.1) is 5.82 Å². The van der Waals surface area contributed by atoms with E-state index >= 15 is 0 Å². The maximum absolute atomic E-state index is 13.1. The third-order valence-electron chi connectivity index (χ3n) is 3.12. The molecule has 2 heterocycles. The Morgan fingerprint density at radius 3 is 2.57 bits per heavy atom. The number of alkyl halides is 2. The molecule has 0 atom stereocenters. The summed E-state index contributed by atoms with van der Waals surface area (Å²) in [5, 5.41) is 4.37. The van der Waals surface area contributed by atoms with Crippen LogP contribution in [0.3, 0.4) is 0 Å². The topological polar surface area (TPSA) is 39.9 Å². The molecule has 0 aliphatic carbocycles. The van der Waals surface area contributed by atoms with Crippen LogP contribution in [0.15, 0.2) is 55.0 Å². The number of ether oxygens (including phenoxy) is 1. The van der Waals surface area contributed by atoms with Crippen molar-refractivity contribution < 1.29 is 17.9 Å². The van der Waals surface area contributed by atoms with Crippen LogP contribution < -0.4 is 4.74 Å². The Bertz CT molecular complexity index is 787. The van der Waals surface area contributed by atoms with Crippen molar-refractivity contribution in [2.24, 2.45) is 0 Å². The molecular formula is C16H12F3N3O. The summed E-state index contributed by atoms with van der Waals surface area (Å²) in [6, 6.07) is 9.39. The fraction of sp³-hybridized carbons (Fsp3) is 0.125. The molecule has 7 heteroatoms. The van der Waals surface area contributed by atoms with E-state index in [1.165, 1.54) is 18.2 Å². The van der Waals surface area contributed by atoms with Gasteiger partial charge in [0.05, 0.1) is 18.4 Å². The molecule has 0 saturated carbocycles. The maximum Gasteiger partial charge on any atom is 0.387 e. The lowest BCUT2D eigenvalue weighted by Crippen LogP contribution is -2.02. The van der Waals surface area contributed by atoms with Gasteiger partial charge >= 0.3 is 6.61 Å². The van der Waals surface area contributed by atoms with Crippen LogP contribution in [0.4, 0.5) is 13.2 Å². The second-order valence-corrected chi connectivity index (χ2v) is 4.81. The third kappa shape index (κ3) is 3.88. The highest BCUT2D eigenvalue weighted by Crippen LogP contribution is 2.22. The van der Waals surface area contributed by atoms with Gasteiger partial charge in [0.25, 0.3) is 0 Å². The van der Waals surface area contributed by atoms with Crippen LogP contribution in [-0.4, -0.2) is 21.4 Å². The van der Waals surface area contributed by atoms with Crippen LogP contribution in [0.1, 0.15) is 5.56 Å². The molecule has 0 aliphatic rings. The maximum atomic E-state index is 13.1. The number of rotatable bonds is 5. The molecule has 0 fully saturated rings. The highest BCUT2D eigenvalue weighted by atomic mass is 19.3. The first-order chi connectivity index (χ1) is 11.1. The van der Waals surface area contributed by atoms with Gasteiger partial charge in [0.1, 0.15) is 11.6 Å². The number of hydrogen-bond donors (Lipinski definition) is 0. The van der Waals surface area contributed by atoms with Crippen LogP contribution in [-0.2, 0) is 6.54 Å². The van der Waals surface area contributed by atoms with E-state index in [-0.39, 0.29) is 5.75 Å². The van der Waals surface area contributed by atoms with E-state index in [9.17, 15) is 13.2 Å². The molecule has 0 unspecified atom stereocenters. The first kappa shape index (κ1) is 15.1. The Morgan fingerprint density at radius 1 is 1.09 bits per heavy atom. The van der Waals surface area contributed by atoms with Gasteiger partial charge in [-0.3, -0.25) is 9.67 Å². The largest absolute Gasteiger partial charge is 0.435 e. The van der Waals surface area contributed by atoms with E-state index in [1.54, 1.807) is 35.3 Å². The van der Waals surface area contributed by atoms with Crippen LogP contribution in [0.5, 0.6) is 5.75 Å². The molecule has 118 valence electrons. The zero-order valence-electron chi connectivity index (χ0n) is 11.9. The summed E-state index contributed by atoms with van der Waals surface area (Å²) < 4.78 is 43.3. The number of halogens is 3. The molecular weight excluding hydrogens is 307 g/mol. The number of aromatic nitrogens is 3. The van der Waals surface area contributed by atoms with E-state index in [4.69, 9.17) is 0 Å². The van der Waals surface area contributed by atoms with Crippen LogP contribution in [0.2, 0.25) is 0 Å². The molecule has 3 rings (SSSR count). The Hall–Kier alpha value is -2.83. The van der Waals surface area contributed by atoms with E-state index in [0.717, 1.165) is 11.8 Å². The predicted octanol–water partition coefficient (Wildman–Crippen LogP) is 3.73. The lowest BCUT2D eigenvalue weighted by molar-refractivity contribution is -0.0498. The number of hydrogen-bond acceptors (Lipinski definition) is 3. The molecule has 23 heavy (non-hydrogen) atoms. The summed E-state index contributed by atoms with van der Waals surface area (Å²) in [6.07, 6.45) is 4.46. The van der Waals surface area contributed by atoms with E-state index in [0.29, 0.717) is 17.8 Å². The second kappa shape index (κ2) is 6.51. The molecule has 0 N–H and O–H groups in total. The Balaban J connectivity index is 1.73. The summed E-state index contributed by atoms with van der Waals surface area (Å²) in [4.78, 5) is 3.79. The van der Waals surface area contributed by atoms with Gasteiger partial charge in [-0.15, -0.1) is 0 Å². The minimum atomic E-state index is -2.85. The quantitative estimate of drug-likeness (QED) is 0.719. The lowest BCUT2D eigenvalue weighted by atomic mass is 10.1.